The molecule has 6 heteroatoms. The summed E-state index contributed by atoms with van der Waals surface area (Å²) in [5, 5.41) is 9.05. The molecule has 2 aromatic heterocycles. The zero-order chi connectivity index (χ0) is 20.1. The van der Waals surface area contributed by atoms with Crippen molar-refractivity contribution in [2.45, 2.75) is 32.3 Å². The first kappa shape index (κ1) is 18.9. The highest BCUT2D eigenvalue weighted by Crippen LogP contribution is 2.25. The first-order chi connectivity index (χ1) is 14.2. The van der Waals surface area contributed by atoms with Crippen LogP contribution in [0.2, 0.25) is 0 Å². The van der Waals surface area contributed by atoms with E-state index in [-0.39, 0.29) is 6.10 Å². The zero-order valence-electron chi connectivity index (χ0n) is 16.5. The highest BCUT2D eigenvalue weighted by atomic mass is 16.5. The van der Waals surface area contributed by atoms with E-state index in [9.17, 15) is 0 Å². The molecule has 1 aromatic carbocycles. The van der Waals surface area contributed by atoms with Crippen molar-refractivity contribution >= 4 is 5.82 Å². The molecular formula is C23H23N5O. The molecule has 3 heterocycles. The Morgan fingerprint density at radius 2 is 1.97 bits per heavy atom. The van der Waals surface area contributed by atoms with Crippen LogP contribution >= 0.6 is 0 Å². The number of aromatic nitrogens is 3. The monoisotopic (exact) mass is 385 g/mol. The van der Waals surface area contributed by atoms with E-state index in [0.717, 1.165) is 55.3 Å². The van der Waals surface area contributed by atoms with Gasteiger partial charge in [0, 0.05) is 43.9 Å². The molecule has 0 amide bonds. The van der Waals surface area contributed by atoms with Crippen LogP contribution in [-0.4, -0.2) is 34.1 Å². The largest absolute Gasteiger partial charge is 0.490 e. The Labute approximate surface area is 170 Å². The quantitative estimate of drug-likeness (QED) is 0.660. The van der Waals surface area contributed by atoms with Crippen LogP contribution in [0.15, 0.2) is 54.7 Å². The lowest BCUT2D eigenvalue weighted by Crippen LogP contribution is -2.38. The van der Waals surface area contributed by atoms with Crippen molar-refractivity contribution in [1.82, 2.24) is 15.0 Å². The number of benzene rings is 1. The molecule has 0 atom stereocenters. The van der Waals surface area contributed by atoms with Gasteiger partial charge in [-0.3, -0.25) is 4.98 Å². The molecule has 0 spiro atoms. The Kier molecular flexibility index (Phi) is 5.66. The second kappa shape index (κ2) is 8.70. The van der Waals surface area contributed by atoms with E-state index in [0.29, 0.717) is 11.4 Å². The second-order valence-corrected chi connectivity index (χ2v) is 7.05. The summed E-state index contributed by atoms with van der Waals surface area (Å²) >= 11 is 0. The lowest BCUT2D eigenvalue weighted by molar-refractivity contribution is 0.170. The molecule has 0 N–H and O–H groups in total. The number of ether oxygens (including phenoxy) is 1. The van der Waals surface area contributed by atoms with E-state index >= 15 is 0 Å². The molecule has 1 aliphatic heterocycles. The second-order valence-electron chi connectivity index (χ2n) is 7.05. The minimum Gasteiger partial charge on any atom is -0.490 e. The molecule has 0 radical (unpaired) electrons. The molecule has 0 saturated carbocycles. The number of nitrogens with zero attached hydrogens (tertiary/aromatic N) is 5. The molecule has 29 heavy (non-hydrogen) atoms. The fraction of sp³-hybridized carbons (Fsp3) is 0.304. The van der Waals surface area contributed by atoms with Crippen molar-refractivity contribution in [3.05, 3.63) is 66.0 Å². The van der Waals surface area contributed by atoms with Crippen molar-refractivity contribution in [2.24, 2.45) is 0 Å². The number of rotatable bonds is 5. The van der Waals surface area contributed by atoms with Gasteiger partial charge in [0.25, 0.3) is 0 Å². The van der Waals surface area contributed by atoms with E-state index in [1.807, 2.05) is 30.3 Å². The molecule has 146 valence electrons. The summed E-state index contributed by atoms with van der Waals surface area (Å²) in [6, 6.07) is 17.4. The minimum atomic E-state index is 0.142. The van der Waals surface area contributed by atoms with Crippen LogP contribution in [0.25, 0.3) is 11.5 Å². The molecule has 0 unspecified atom stereocenters. The molecule has 1 fully saturated rings. The first-order valence-electron chi connectivity index (χ1n) is 9.96. The SMILES string of the molecule is CCc1cc(N2CCC(Oc3cccc(C#N)c3)CC2)nc(-c2ccccn2)n1. The van der Waals surface area contributed by atoms with Gasteiger partial charge in [0.15, 0.2) is 5.82 Å². The van der Waals surface area contributed by atoms with Gasteiger partial charge in [-0.25, -0.2) is 9.97 Å². The zero-order valence-corrected chi connectivity index (χ0v) is 16.5. The van der Waals surface area contributed by atoms with E-state index in [4.69, 9.17) is 15.0 Å². The highest BCUT2D eigenvalue weighted by molar-refractivity contribution is 5.54. The fourth-order valence-corrected chi connectivity index (χ4v) is 3.47. The third-order valence-electron chi connectivity index (χ3n) is 5.05. The summed E-state index contributed by atoms with van der Waals surface area (Å²) in [5.74, 6) is 2.38. The van der Waals surface area contributed by atoms with Gasteiger partial charge >= 0.3 is 0 Å². The van der Waals surface area contributed by atoms with Crippen LogP contribution in [0.4, 0.5) is 5.82 Å². The maximum Gasteiger partial charge on any atom is 0.180 e. The molecule has 1 saturated heterocycles. The van der Waals surface area contributed by atoms with Gasteiger partial charge in [0.2, 0.25) is 0 Å². The number of hydrogen-bond donors (Lipinski definition) is 0. The third-order valence-corrected chi connectivity index (χ3v) is 5.05. The van der Waals surface area contributed by atoms with Crippen LogP contribution in [-0.2, 0) is 6.42 Å². The molecule has 0 aliphatic carbocycles. The van der Waals surface area contributed by atoms with Gasteiger partial charge in [-0.05, 0) is 36.8 Å². The molecule has 4 rings (SSSR count). The normalized spacial score (nSPS) is 14.4. The van der Waals surface area contributed by atoms with Crippen molar-refractivity contribution < 1.29 is 4.74 Å². The topological polar surface area (TPSA) is 74.9 Å². The number of anilines is 1. The lowest BCUT2D eigenvalue weighted by atomic mass is 10.1. The molecule has 6 nitrogen and oxygen atoms in total. The van der Waals surface area contributed by atoms with Gasteiger partial charge < -0.3 is 9.64 Å². The minimum absolute atomic E-state index is 0.142. The Morgan fingerprint density at radius 3 is 2.69 bits per heavy atom. The number of hydrogen-bond acceptors (Lipinski definition) is 6. The number of piperidine rings is 1. The van der Waals surface area contributed by atoms with Crippen LogP contribution in [0.1, 0.15) is 31.0 Å². The van der Waals surface area contributed by atoms with E-state index < -0.39 is 0 Å². The predicted octanol–water partition coefficient (Wildman–Crippen LogP) is 4.02. The van der Waals surface area contributed by atoms with Crippen LogP contribution in [0.3, 0.4) is 0 Å². The molecule has 3 aromatic rings. The maximum absolute atomic E-state index is 9.05. The average Bonchev–Trinajstić information content (AvgIpc) is 2.80. The van der Waals surface area contributed by atoms with E-state index in [1.54, 1.807) is 18.3 Å². The van der Waals surface area contributed by atoms with Crippen molar-refractivity contribution in [1.29, 1.82) is 5.26 Å². The van der Waals surface area contributed by atoms with Gasteiger partial charge in [-0.2, -0.15) is 5.26 Å². The molecule has 1 aliphatic rings. The summed E-state index contributed by atoms with van der Waals surface area (Å²) in [4.78, 5) is 16.1. The van der Waals surface area contributed by atoms with Crippen molar-refractivity contribution in [2.75, 3.05) is 18.0 Å². The number of pyridine rings is 1. The Hall–Kier alpha value is -3.46. The Morgan fingerprint density at radius 1 is 1.10 bits per heavy atom. The van der Waals surface area contributed by atoms with E-state index in [2.05, 4.69) is 33.9 Å². The standard InChI is InChI=1S/C23H23N5O/c1-2-18-15-22(27-23(26-18)21-8-3-4-11-25-21)28-12-9-19(10-13-28)29-20-7-5-6-17(14-20)16-24/h3-8,11,14-15,19H,2,9-10,12-13H2,1H3. The average molecular weight is 385 g/mol. The Balaban J connectivity index is 1.46. The predicted molar refractivity (Wildman–Crippen MR) is 112 cm³/mol. The van der Waals surface area contributed by atoms with Gasteiger partial charge in [-0.15, -0.1) is 0 Å². The Bertz CT molecular complexity index is 1010. The van der Waals surface area contributed by atoms with Crippen molar-refractivity contribution in [3.63, 3.8) is 0 Å². The van der Waals surface area contributed by atoms with Crippen LogP contribution < -0.4 is 9.64 Å². The number of aryl methyl sites for hydroxylation is 1. The van der Waals surface area contributed by atoms with Crippen LogP contribution in [0.5, 0.6) is 5.75 Å². The lowest BCUT2D eigenvalue weighted by Gasteiger charge is -2.33. The van der Waals surface area contributed by atoms with Gasteiger partial charge in [-0.1, -0.05) is 19.1 Å². The summed E-state index contributed by atoms with van der Waals surface area (Å²) in [6.07, 6.45) is 4.57. The van der Waals surface area contributed by atoms with Crippen LogP contribution in [0, 0.1) is 11.3 Å². The number of nitriles is 1. The molecular weight excluding hydrogens is 362 g/mol. The maximum atomic E-state index is 9.05. The highest BCUT2D eigenvalue weighted by Gasteiger charge is 2.22. The third kappa shape index (κ3) is 4.52. The smallest absolute Gasteiger partial charge is 0.180 e. The summed E-state index contributed by atoms with van der Waals surface area (Å²) in [5.41, 5.74) is 2.43. The molecule has 0 bridgehead atoms. The summed E-state index contributed by atoms with van der Waals surface area (Å²) < 4.78 is 6.10. The van der Waals surface area contributed by atoms with Crippen molar-refractivity contribution in [3.8, 4) is 23.3 Å². The van der Waals surface area contributed by atoms with E-state index in [1.165, 1.54) is 0 Å². The fourth-order valence-electron chi connectivity index (χ4n) is 3.47. The van der Waals surface area contributed by atoms with Gasteiger partial charge in [0.1, 0.15) is 23.4 Å². The summed E-state index contributed by atoms with van der Waals surface area (Å²) in [6.45, 7) is 3.83. The van der Waals surface area contributed by atoms with Gasteiger partial charge in [0.05, 0.1) is 11.6 Å². The first-order valence-corrected chi connectivity index (χ1v) is 9.96. The summed E-state index contributed by atoms with van der Waals surface area (Å²) in [7, 11) is 0.